The molecule has 0 aliphatic heterocycles. The van der Waals surface area contributed by atoms with Crippen LogP contribution in [-0.2, 0) is 49.0 Å². The average molecular weight is 811 g/mol. The van der Waals surface area contributed by atoms with Gasteiger partial charge in [-0.05, 0) is 47.9 Å². The van der Waals surface area contributed by atoms with Gasteiger partial charge in [-0.2, -0.15) is 12.1 Å². The molecule has 52 heavy (non-hydrogen) atoms. The first-order valence-corrected chi connectivity index (χ1v) is 22.9. The van der Waals surface area contributed by atoms with Gasteiger partial charge in [-0.1, -0.05) is 74.5 Å². The van der Waals surface area contributed by atoms with Gasteiger partial charge in [0.1, 0.15) is 0 Å². The summed E-state index contributed by atoms with van der Waals surface area (Å²) in [7, 11) is 0. The van der Waals surface area contributed by atoms with E-state index in [0.29, 0.717) is 0 Å². The van der Waals surface area contributed by atoms with Crippen molar-refractivity contribution in [2.24, 2.45) is 0 Å². The van der Waals surface area contributed by atoms with E-state index in [4.69, 9.17) is 0 Å². The first-order valence-electron chi connectivity index (χ1n) is 17.7. The molecule has 0 nitrogen and oxygen atoms in total. The Morgan fingerprint density at radius 1 is 0.423 bits per heavy atom. The Hall–Kier alpha value is -3.78. The van der Waals surface area contributed by atoms with E-state index < -0.39 is 5.43 Å². The minimum atomic E-state index is -0.455. The summed E-state index contributed by atoms with van der Waals surface area (Å²) in [6.45, 7) is 4.45. The molecule has 0 heterocycles. The second kappa shape index (κ2) is 21.1. The molecular formula is C48H44Cl2SiZr-2. The van der Waals surface area contributed by atoms with Gasteiger partial charge in [-0.25, -0.2) is 0 Å². The summed E-state index contributed by atoms with van der Waals surface area (Å²) in [5.74, 6) is 0. The van der Waals surface area contributed by atoms with E-state index >= 15 is 0 Å². The van der Waals surface area contributed by atoms with Crippen LogP contribution in [0.25, 0.3) is 21.5 Å². The molecule has 0 fully saturated rings. The first kappa shape index (κ1) is 41.0. The summed E-state index contributed by atoms with van der Waals surface area (Å²) in [5.41, 5.74) is 8.20. The molecule has 0 saturated carbocycles. The Morgan fingerprint density at radius 3 is 1.12 bits per heavy atom. The van der Waals surface area contributed by atoms with Crippen LogP contribution in [0.1, 0.15) is 47.2 Å². The molecule has 0 radical (unpaired) electrons. The third-order valence-corrected chi connectivity index (χ3v) is 15.3. The topological polar surface area (TPSA) is 0 Å². The fourth-order valence-electron chi connectivity index (χ4n) is 6.60. The molecule has 0 aliphatic rings. The Morgan fingerprint density at radius 2 is 0.750 bits per heavy atom. The Kier molecular flexibility index (Phi) is 16.6. The van der Waals surface area contributed by atoms with E-state index in [1.165, 1.54) is 65.3 Å². The molecule has 0 aromatic heterocycles. The maximum absolute atomic E-state index is 2.31. The molecule has 8 aromatic rings. The van der Waals surface area contributed by atoms with Crippen LogP contribution in [-0.4, -0.2) is 5.43 Å². The number of hydrogen-bond donors (Lipinski definition) is 0. The predicted molar refractivity (Wildman–Crippen MR) is 214 cm³/mol. The van der Waals surface area contributed by atoms with Gasteiger partial charge < -0.3 is 24.8 Å². The van der Waals surface area contributed by atoms with Crippen LogP contribution < -0.4 is 35.2 Å². The number of rotatable bonds is 8. The van der Waals surface area contributed by atoms with Crippen molar-refractivity contribution < 1.29 is 48.1 Å². The Labute approximate surface area is 337 Å². The first-order chi connectivity index (χ1) is 24.6. The standard InChI is InChI=1S/2C18H17.C12H10Si.2ClH.Zr/c2*1-2-15-7-3-4-8-16(15)11-14-12-17-9-5-6-10-18(17)13-14;1-3-7-11(8-4-1)13-12-9-5-2-6-10-12;;;/h2*3-10,12-13H,2,11H2,1H3;1-10H;2*1H;/q2*-1;;;;+2/p-2. The van der Waals surface area contributed by atoms with Gasteiger partial charge >= 0.3 is 99.8 Å². The van der Waals surface area contributed by atoms with Crippen LogP contribution in [0.2, 0.25) is 0 Å². The van der Waals surface area contributed by atoms with E-state index in [1.54, 1.807) is 23.3 Å². The average Bonchev–Trinajstić information content (AvgIpc) is 3.79. The minimum absolute atomic E-state index is 0. The van der Waals surface area contributed by atoms with Crippen molar-refractivity contribution in [2.45, 2.75) is 39.5 Å². The zero-order chi connectivity index (χ0) is 34.5. The molecule has 8 aromatic carbocycles. The van der Waals surface area contributed by atoms with Gasteiger partial charge in [-0.15, -0.1) is 81.2 Å². The summed E-state index contributed by atoms with van der Waals surface area (Å²) in [4.78, 5) is 0. The van der Waals surface area contributed by atoms with Crippen molar-refractivity contribution in [3.8, 4) is 0 Å². The zero-order valence-corrected chi connectivity index (χ0v) is 34.9. The summed E-state index contributed by atoms with van der Waals surface area (Å²) in [5, 5.41) is 8.43. The number of hydrogen-bond acceptors (Lipinski definition) is 0. The molecule has 8 rings (SSSR count). The van der Waals surface area contributed by atoms with Gasteiger partial charge in [0.05, 0.1) is 0 Å². The third kappa shape index (κ3) is 11.1. The maximum atomic E-state index is 2.31. The SMILES string of the molecule is CCc1ccccc1Cc1cc2ccccc2[cH-]1.CCc1ccccc1Cc1cc2ccccc2[cH-]1.[Cl-].[Cl-].[Zr+2]=[Si](c1ccccc1)c1ccccc1. The molecule has 0 amide bonds. The Bertz CT molecular complexity index is 2040. The third-order valence-electron chi connectivity index (χ3n) is 9.27. The van der Waals surface area contributed by atoms with Crippen molar-refractivity contribution in [3.63, 3.8) is 0 Å². The monoisotopic (exact) mass is 808 g/mol. The second-order valence-electron chi connectivity index (χ2n) is 12.7. The van der Waals surface area contributed by atoms with Crippen molar-refractivity contribution >= 4 is 37.4 Å². The summed E-state index contributed by atoms with van der Waals surface area (Å²) in [6, 6.07) is 65.6. The fraction of sp³-hybridized carbons (Fsp3) is 0.125. The molecule has 0 spiro atoms. The molecule has 0 saturated heterocycles. The van der Waals surface area contributed by atoms with Crippen LogP contribution in [0, 0.1) is 0 Å². The zero-order valence-electron chi connectivity index (χ0n) is 29.9. The van der Waals surface area contributed by atoms with Gasteiger partial charge in [-0.3, -0.25) is 0 Å². The van der Waals surface area contributed by atoms with Gasteiger partial charge in [0.2, 0.25) is 0 Å². The number of halogens is 2. The summed E-state index contributed by atoms with van der Waals surface area (Å²) in [6.07, 6.45) is 4.30. The van der Waals surface area contributed by atoms with E-state index in [9.17, 15) is 0 Å². The number of aryl methyl sites for hydroxylation is 2. The molecule has 0 bridgehead atoms. The molecule has 0 N–H and O–H groups in total. The molecule has 4 heteroatoms. The predicted octanol–water partition coefficient (Wildman–Crippen LogP) is 4.77. The second-order valence-corrected chi connectivity index (χ2v) is 18.3. The molecule has 0 aliphatic carbocycles. The van der Waals surface area contributed by atoms with Gasteiger partial charge in [0, 0.05) is 0 Å². The molecule has 0 atom stereocenters. The normalized spacial score (nSPS) is 10.2. The van der Waals surface area contributed by atoms with Crippen LogP contribution in [0.15, 0.2) is 182 Å². The van der Waals surface area contributed by atoms with E-state index in [0.717, 1.165) is 25.7 Å². The van der Waals surface area contributed by atoms with Crippen molar-refractivity contribution in [2.75, 3.05) is 0 Å². The summed E-state index contributed by atoms with van der Waals surface area (Å²) >= 11 is 1.64. The Balaban J connectivity index is 0.000000173. The van der Waals surface area contributed by atoms with Crippen LogP contribution >= 0.6 is 0 Å². The van der Waals surface area contributed by atoms with Crippen molar-refractivity contribution in [1.82, 2.24) is 0 Å². The number of fused-ring (bicyclic) bond motifs is 2. The van der Waals surface area contributed by atoms with Crippen LogP contribution in [0.5, 0.6) is 0 Å². The van der Waals surface area contributed by atoms with E-state index in [1.807, 2.05) is 0 Å². The van der Waals surface area contributed by atoms with E-state index in [2.05, 4.69) is 196 Å². The molecule has 260 valence electrons. The van der Waals surface area contributed by atoms with E-state index in [-0.39, 0.29) is 24.8 Å². The fourth-order valence-corrected chi connectivity index (χ4v) is 10.4. The summed E-state index contributed by atoms with van der Waals surface area (Å²) < 4.78 is 0. The van der Waals surface area contributed by atoms with Gasteiger partial charge in [0.25, 0.3) is 0 Å². The van der Waals surface area contributed by atoms with Crippen molar-refractivity contribution in [3.05, 3.63) is 215 Å². The van der Waals surface area contributed by atoms with Crippen LogP contribution in [0.3, 0.4) is 0 Å². The van der Waals surface area contributed by atoms with Crippen molar-refractivity contribution in [1.29, 1.82) is 0 Å². The molecule has 0 unspecified atom stereocenters. The van der Waals surface area contributed by atoms with Gasteiger partial charge in [0.15, 0.2) is 0 Å². The number of benzene rings is 6. The molecular weight excluding hydrogens is 767 g/mol. The van der Waals surface area contributed by atoms with Crippen LogP contribution in [0.4, 0.5) is 0 Å². The quantitative estimate of drug-likeness (QED) is 0.154.